The third-order valence-corrected chi connectivity index (χ3v) is 14.4. The predicted octanol–water partition coefficient (Wildman–Crippen LogP) is 6.31. The Morgan fingerprint density at radius 3 is 2.46 bits per heavy atom. The van der Waals surface area contributed by atoms with Crippen LogP contribution in [-0.2, 0) is 22.8 Å². The van der Waals surface area contributed by atoms with E-state index in [1.807, 2.05) is 61.6 Å². The fourth-order valence-electron chi connectivity index (χ4n) is 9.05. The maximum absolute atomic E-state index is 13.0. The number of piperidine rings is 1. The van der Waals surface area contributed by atoms with E-state index in [-0.39, 0.29) is 23.3 Å². The van der Waals surface area contributed by atoms with E-state index in [9.17, 15) is 18.9 Å². The molecule has 4 amide bonds. The third-order valence-electron chi connectivity index (χ3n) is 12.6. The molecule has 8 rings (SSSR count). The number of amides is 4. The van der Waals surface area contributed by atoms with Crippen LogP contribution >= 0.6 is 18.7 Å². The van der Waals surface area contributed by atoms with E-state index in [4.69, 9.17) is 22.1 Å². The van der Waals surface area contributed by atoms with E-state index in [1.165, 1.54) is 11.1 Å². The monoisotopic (exact) mass is 924 g/mol. The Bertz CT molecular complexity index is 2620. The number of anilines is 6. The van der Waals surface area contributed by atoms with E-state index in [1.54, 1.807) is 18.0 Å². The Hall–Kier alpha value is -5.74. The van der Waals surface area contributed by atoms with Gasteiger partial charge in [0.25, 0.3) is 5.91 Å². The van der Waals surface area contributed by atoms with Crippen LogP contribution in [-0.4, -0.2) is 126 Å². The number of ether oxygens (including phenoxy) is 1. The highest BCUT2D eigenvalue weighted by Gasteiger charge is 2.30. The van der Waals surface area contributed by atoms with E-state index >= 15 is 0 Å². The van der Waals surface area contributed by atoms with Crippen LogP contribution in [0.25, 0.3) is 10.9 Å². The Morgan fingerprint density at radius 2 is 1.74 bits per heavy atom. The molecule has 17 nitrogen and oxygen atoms in total. The van der Waals surface area contributed by atoms with Gasteiger partial charge in [-0.2, -0.15) is 10.1 Å². The molecule has 3 aromatic carbocycles. The van der Waals surface area contributed by atoms with Gasteiger partial charge in [-0.05, 0) is 93.9 Å². The molecule has 0 spiro atoms. The number of piperazine rings is 1. The van der Waals surface area contributed by atoms with Crippen molar-refractivity contribution in [3.05, 3.63) is 76.9 Å². The molecule has 0 saturated carbocycles. The number of unbranched alkanes of at least 4 members (excludes halogenated alkanes) is 1. The number of urea groups is 1. The second-order valence-corrected chi connectivity index (χ2v) is 20.9. The molecule has 3 aliphatic heterocycles. The van der Waals surface area contributed by atoms with Gasteiger partial charge in [0, 0.05) is 87.8 Å². The van der Waals surface area contributed by atoms with Crippen molar-refractivity contribution < 1.29 is 23.7 Å². The minimum absolute atomic E-state index is 0.234. The molecule has 5 aromatic rings. The number of para-hydroxylation sites is 1. The van der Waals surface area contributed by atoms with Crippen molar-refractivity contribution in [1.29, 1.82) is 0 Å². The lowest BCUT2D eigenvalue weighted by Crippen LogP contribution is -2.53. The summed E-state index contributed by atoms with van der Waals surface area (Å²) in [4.78, 5) is 55.1. The number of nitrogens with two attached hydrogens (primary N) is 1. The van der Waals surface area contributed by atoms with E-state index in [2.05, 4.69) is 52.6 Å². The largest absolute Gasteiger partial charge is 0.494 e. The van der Waals surface area contributed by atoms with Gasteiger partial charge in [-0.3, -0.25) is 29.4 Å². The number of aromatic nitrogens is 4. The summed E-state index contributed by atoms with van der Waals surface area (Å²) < 4.78 is 20.8. The van der Waals surface area contributed by atoms with Crippen molar-refractivity contribution in [2.24, 2.45) is 12.8 Å². The quantitative estimate of drug-likeness (QED) is 0.0636. The second-order valence-electron chi connectivity index (χ2n) is 17.3. The first kappa shape index (κ1) is 45.8. The maximum atomic E-state index is 13.0. The Balaban J connectivity index is 0.802. The summed E-state index contributed by atoms with van der Waals surface area (Å²) in [5.74, 6) is 1.05. The lowest BCUT2D eigenvalue weighted by molar-refractivity contribution is -0.120. The minimum atomic E-state index is -2.59. The molecule has 19 heteroatoms. The van der Waals surface area contributed by atoms with Gasteiger partial charge >= 0.3 is 6.03 Å². The average molecular weight is 925 g/mol. The number of primary amides is 1. The standard InChI is InChI=1S/C46H58ClN12O5P/c1-5-30-26-37(51-45-49-29-35(47)43(53-45)50-36-10-6-7-11-40(36)65(3,4)63)34(42(48)61)28-38(30)58-18-14-31(15-19-58)57-23-21-56(22-24-57)17-8-9-25-64-32-12-13-33-39(27-32)55(2)54-44(33)59-20-16-41(60)52-46(59)62/h6-7,10-13,26-29,31H,5,8-9,14-25H2,1-4H3,(H2,48,61)(H,52,60,62)(H2,49,50,51,53). The van der Waals surface area contributed by atoms with Gasteiger partial charge in [-0.25, -0.2) is 9.78 Å². The van der Waals surface area contributed by atoms with Crippen molar-refractivity contribution in [2.75, 3.05) is 92.7 Å². The van der Waals surface area contributed by atoms with Crippen molar-refractivity contribution in [1.82, 2.24) is 34.9 Å². The van der Waals surface area contributed by atoms with Gasteiger partial charge in [-0.1, -0.05) is 30.7 Å². The van der Waals surface area contributed by atoms with Crippen LogP contribution in [0.4, 0.5) is 39.4 Å². The summed E-state index contributed by atoms with van der Waals surface area (Å²) in [6.45, 7) is 13.4. The number of fused-ring (bicyclic) bond motifs is 1. The first-order chi connectivity index (χ1) is 31.2. The van der Waals surface area contributed by atoms with Crippen molar-refractivity contribution in [2.45, 2.75) is 51.5 Å². The van der Waals surface area contributed by atoms with Crippen LogP contribution < -0.4 is 41.5 Å². The SMILES string of the molecule is CCc1cc(Nc2ncc(Cl)c(Nc3ccccc3P(C)(C)=O)n2)c(C(N)=O)cc1N1CCC(N2CCN(CCCCOc3ccc4c(N5CCC(=O)NC5=O)nn(C)c4c3)CC2)CC1. The normalized spacial score (nSPS) is 16.8. The Kier molecular flexibility index (Phi) is 13.9. The average Bonchev–Trinajstić information content (AvgIpc) is 3.61. The van der Waals surface area contributed by atoms with Crippen LogP contribution in [0.5, 0.6) is 5.75 Å². The molecule has 2 aromatic heterocycles. The van der Waals surface area contributed by atoms with E-state index in [0.29, 0.717) is 53.1 Å². The molecular weight excluding hydrogens is 867 g/mol. The molecule has 0 aliphatic carbocycles. The van der Waals surface area contributed by atoms with Gasteiger partial charge in [0.05, 0.1) is 35.3 Å². The number of nitrogens with one attached hydrogen (secondary N) is 3. The Labute approximate surface area is 384 Å². The molecular formula is C46H58ClN12O5P. The fourth-order valence-corrected chi connectivity index (χ4v) is 10.3. The summed E-state index contributed by atoms with van der Waals surface area (Å²) in [6.07, 6.45) is 6.54. The lowest BCUT2D eigenvalue weighted by Gasteiger charge is -2.43. The van der Waals surface area contributed by atoms with Crippen LogP contribution in [0.3, 0.4) is 0 Å². The summed E-state index contributed by atoms with van der Waals surface area (Å²) in [7, 11) is -0.754. The number of benzene rings is 3. The van der Waals surface area contributed by atoms with Gasteiger partial charge in [0.1, 0.15) is 17.9 Å². The van der Waals surface area contributed by atoms with Crippen LogP contribution in [0.15, 0.2) is 60.8 Å². The number of carbonyl (C=O) groups is 3. The summed E-state index contributed by atoms with van der Waals surface area (Å²) in [5, 5.41) is 15.2. The first-order valence-electron chi connectivity index (χ1n) is 22.4. The fraction of sp³-hybridized carbons (Fsp3) is 0.435. The number of rotatable bonds is 16. The molecule has 0 radical (unpaired) electrons. The molecule has 5 heterocycles. The number of halogens is 1. The van der Waals surface area contributed by atoms with Gasteiger partial charge in [0.15, 0.2) is 11.6 Å². The minimum Gasteiger partial charge on any atom is -0.494 e. The highest BCUT2D eigenvalue weighted by atomic mass is 35.5. The van der Waals surface area contributed by atoms with E-state index in [0.717, 1.165) is 106 Å². The molecule has 3 aliphatic rings. The molecule has 344 valence electrons. The molecule has 65 heavy (non-hydrogen) atoms. The summed E-state index contributed by atoms with van der Waals surface area (Å²) >= 11 is 6.51. The molecule has 3 fully saturated rings. The Morgan fingerprint density at radius 1 is 0.969 bits per heavy atom. The zero-order valence-corrected chi connectivity index (χ0v) is 39.1. The predicted molar refractivity (Wildman–Crippen MR) is 258 cm³/mol. The lowest BCUT2D eigenvalue weighted by atomic mass is 9.98. The zero-order valence-electron chi connectivity index (χ0n) is 37.5. The third kappa shape index (κ3) is 10.5. The van der Waals surface area contributed by atoms with Crippen molar-refractivity contribution in [3.8, 4) is 5.75 Å². The molecule has 0 unspecified atom stereocenters. The number of hydrogen-bond donors (Lipinski definition) is 4. The number of imide groups is 1. The van der Waals surface area contributed by atoms with Crippen LogP contribution in [0.1, 0.15) is 54.9 Å². The molecule has 0 atom stereocenters. The van der Waals surface area contributed by atoms with Crippen LogP contribution in [0.2, 0.25) is 5.02 Å². The number of carbonyl (C=O) groups excluding carboxylic acids is 3. The summed E-state index contributed by atoms with van der Waals surface area (Å²) in [5.41, 5.74) is 10.5. The van der Waals surface area contributed by atoms with Crippen LogP contribution in [0, 0.1) is 0 Å². The topological polar surface area (TPSA) is 196 Å². The van der Waals surface area contributed by atoms with Gasteiger partial charge in [-0.15, -0.1) is 0 Å². The number of nitrogens with zero attached hydrogens (tertiary/aromatic N) is 8. The van der Waals surface area contributed by atoms with Crippen molar-refractivity contribution in [3.63, 3.8) is 0 Å². The van der Waals surface area contributed by atoms with Crippen molar-refractivity contribution >= 4 is 87.4 Å². The second kappa shape index (κ2) is 19.8. The molecule has 0 bridgehead atoms. The van der Waals surface area contributed by atoms with E-state index < -0.39 is 19.1 Å². The van der Waals surface area contributed by atoms with Gasteiger partial charge in [0.2, 0.25) is 11.9 Å². The zero-order chi connectivity index (χ0) is 45.8. The number of aryl methyl sites for hydroxylation is 2. The highest BCUT2D eigenvalue weighted by Crippen LogP contribution is 2.39. The maximum Gasteiger partial charge on any atom is 0.329 e. The molecule has 5 N–H and O–H groups in total. The first-order valence-corrected chi connectivity index (χ1v) is 25.3. The summed E-state index contributed by atoms with van der Waals surface area (Å²) in [6, 6.07) is 17.1. The number of hydrogen-bond acceptors (Lipinski definition) is 13. The highest BCUT2D eigenvalue weighted by molar-refractivity contribution is 7.70. The molecule has 3 saturated heterocycles. The van der Waals surface area contributed by atoms with Gasteiger partial charge < -0.3 is 35.5 Å². The smallest absolute Gasteiger partial charge is 0.329 e.